The summed E-state index contributed by atoms with van der Waals surface area (Å²) in [6, 6.07) is 9.92. The third-order valence-electron chi connectivity index (χ3n) is 4.00. The lowest BCUT2D eigenvalue weighted by atomic mass is 10.1. The minimum Gasteiger partial charge on any atom is -0.444 e. The van der Waals surface area contributed by atoms with Crippen molar-refractivity contribution in [2.75, 3.05) is 18.4 Å². The Labute approximate surface area is 157 Å². The van der Waals surface area contributed by atoms with E-state index in [0.29, 0.717) is 24.6 Å². The number of hydrogen-bond donors (Lipinski definition) is 1. The average molecular weight is 373 g/mol. The van der Waals surface area contributed by atoms with Gasteiger partial charge in [-0.1, -0.05) is 41.7 Å². The van der Waals surface area contributed by atoms with Gasteiger partial charge in [-0.25, -0.2) is 9.78 Å². The molecule has 0 unspecified atom stereocenters. The van der Waals surface area contributed by atoms with Gasteiger partial charge in [-0.15, -0.1) is 0 Å². The maximum absolute atomic E-state index is 12.5. The molecule has 2 amide bonds. The largest absolute Gasteiger partial charge is 0.444 e. The van der Waals surface area contributed by atoms with Crippen molar-refractivity contribution < 1.29 is 14.3 Å². The second kappa shape index (κ2) is 7.45. The van der Waals surface area contributed by atoms with Gasteiger partial charge in [0, 0.05) is 19.3 Å². The van der Waals surface area contributed by atoms with Crippen LogP contribution in [0.4, 0.5) is 9.93 Å². The number of nitrogens with zero attached hydrogens (tertiary/aromatic N) is 2. The van der Waals surface area contributed by atoms with Crippen LogP contribution in [0.25, 0.3) is 10.4 Å². The van der Waals surface area contributed by atoms with Crippen LogP contribution in [0.15, 0.2) is 36.5 Å². The van der Waals surface area contributed by atoms with Gasteiger partial charge in [0.25, 0.3) is 0 Å². The van der Waals surface area contributed by atoms with Crippen molar-refractivity contribution in [2.45, 2.75) is 32.8 Å². The monoisotopic (exact) mass is 373 g/mol. The van der Waals surface area contributed by atoms with Gasteiger partial charge in [0.2, 0.25) is 5.91 Å². The van der Waals surface area contributed by atoms with Crippen molar-refractivity contribution in [1.29, 1.82) is 0 Å². The zero-order valence-electron chi connectivity index (χ0n) is 15.2. The van der Waals surface area contributed by atoms with Crippen LogP contribution in [0, 0.1) is 5.92 Å². The standard InChI is InChI=1S/C19H23N3O3S/c1-19(2,3)25-18(24)22-10-9-14(12-22)16(23)21-17-20-11-15(26-17)13-7-5-4-6-8-13/h4-8,11,14H,9-10,12H2,1-3H3,(H,20,21,23)/t14-/m0/s1. The highest BCUT2D eigenvalue weighted by molar-refractivity contribution is 7.19. The molecule has 0 bridgehead atoms. The lowest BCUT2D eigenvalue weighted by Gasteiger charge is -2.24. The number of aromatic nitrogens is 1. The highest BCUT2D eigenvalue weighted by Crippen LogP contribution is 2.29. The number of rotatable bonds is 3. The van der Waals surface area contributed by atoms with Gasteiger partial charge in [0.15, 0.2) is 5.13 Å². The Hall–Kier alpha value is -2.41. The lowest BCUT2D eigenvalue weighted by Crippen LogP contribution is -2.36. The first kappa shape index (κ1) is 18.4. The van der Waals surface area contributed by atoms with Crippen LogP contribution >= 0.6 is 11.3 Å². The van der Waals surface area contributed by atoms with Crippen molar-refractivity contribution in [3.63, 3.8) is 0 Å². The van der Waals surface area contributed by atoms with E-state index in [1.807, 2.05) is 51.1 Å². The molecule has 2 heterocycles. The van der Waals surface area contributed by atoms with E-state index in [-0.39, 0.29) is 17.9 Å². The van der Waals surface area contributed by atoms with Crippen LogP contribution in [-0.4, -0.2) is 40.6 Å². The number of carbonyl (C=O) groups is 2. The zero-order valence-corrected chi connectivity index (χ0v) is 16.0. The minimum atomic E-state index is -0.536. The van der Waals surface area contributed by atoms with Crippen LogP contribution in [0.3, 0.4) is 0 Å². The molecule has 26 heavy (non-hydrogen) atoms. The van der Waals surface area contributed by atoms with E-state index in [1.54, 1.807) is 11.1 Å². The summed E-state index contributed by atoms with van der Waals surface area (Å²) in [6.45, 7) is 6.39. The van der Waals surface area contributed by atoms with Crippen LogP contribution in [-0.2, 0) is 9.53 Å². The molecule has 1 aromatic heterocycles. The van der Waals surface area contributed by atoms with E-state index < -0.39 is 5.60 Å². The summed E-state index contributed by atoms with van der Waals surface area (Å²) in [5.74, 6) is -0.350. The summed E-state index contributed by atoms with van der Waals surface area (Å²) in [4.78, 5) is 31.5. The number of carbonyl (C=O) groups excluding carboxylic acids is 2. The molecular formula is C19H23N3O3S. The van der Waals surface area contributed by atoms with Crippen LogP contribution < -0.4 is 5.32 Å². The number of ether oxygens (including phenoxy) is 1. The summed E-state index contributed by atoms with van der Waals surface area (Å²) in [5.41, 5.74) is 0.536. The van der Waals surface area contributed by atoms with Gasteiger partial charge in [-0.2, -0.15) is 0 Å². The van der Waals surface area contributed by atoms with Gasteiger partial charge in [-0.3, -0.25) is 4.79 Å². The molecule has 2 aromatic rings. The Morgan fingerprint density at radius 3 is 2.69 bits per heavy atom. The number of anilines is 1. The highest BCUT2D eigenvalue weighted by Gasteiger charge is 2.33. The van der Waals surface area contributed by atoms with Crippen molar-refractivity contribution >= 4 is 28.5 Å². The molecule has 1 aliphatic heterocycles. The molecule has 1 aliphatic rings. The van der Waals surface area contributed by atoms with Crippen LogP contribution in [0.1, 0.15) is 27.2 Å². The summed E-state index contributed by atoms with van der Waals surface area (Å²) >= 11 is 1.44. The van der Waals surface area contributed by atoms with Crippen LogP contribution in [0.2, 0.25) is 0 Å². The molecule has 3 rings (SSSR count). The van der Waals surface area contributed by atoms with Gasteiger partial charge >= 0.3 is 6.09 Å². The van der Waals surface area contributed by atoms with Gasteiger partial charge in [0.1, 0.15) is 5.60 Å². The molecule has 1 saturated heterocycles. The second-order valence-electron chi connectivity index (χ2n) is 7.30. The van der Waals surface area contributed by atoms with E-state index in [1.165, 1.54) is 11.3 Å². The van der Waals surface area contributed by atoms with Crippen molar-refractivity contribution in [2.24, 2.45) is 5.92 Å². The Morgan fingerprint density at radius 1 is 1.27 bits per heavy atom. The third-order valence-corrected chi connectivity index (χ3v) is 4.97. The van der Waals surface area contributed by atoms with Gasteiger partial charge in [-0.05, 0) is 32.8 Å². The quantitative estimate of drug-likeness (QED) is 0.882. The van der Waals surface area contributed by atoms with Gasteiger partial charge in [0.05, 0.1) is 10.8 Å². The van der Waals surface area contributed by atoms with E-state index in [4.69, 9.17) is 4.74 Å². The molecule has 7 heteroatoms. The fourth-order valence-electron chi connectivity index (χ4n) is 2.74. The molecule has 1 atom stereocenters. The summed E-state index contributed by atoms with van der Waals surface area (Å²) in [7, 11) is 0. The molecule has 138 valence electrons. The van der Waals surface area contributed by atoms with Crippen molar-refractivity contribution in [1.82, 2.24) is 9.88 Å². The molecule has 0 saturated carbocycles. The summed E-state index contributed by atoms with van der Waals surface area (Å²) in [6.07, 6.45) is 2.02. The number of amides is 2. The van der Waals surface area contributed by atoms with E-state index in [0.717, 1.165) is 10.4 Å². The van der Waals surface area contributed by atoms with Crippen molar-refractivity contribution in [3.05, 3.63) is 36.5 Å². The SMILES string of the molecule is CC(C)(C)OC(=O)N1CC[C@H](C(=O)Nc2ncc(-c3ccccc3)s2)C1. The number of thiazole rings is 1. The lowest BCUT2D eigenvalue weighted by molar-refractivity contribution is -0.119. The maximum atomic E-state index is 12.5. The number of likely N-dealkylation sites (tertiary alicyclic amines) is 1. The highest BCUT2D eigenvalue weighted by atomic mass is 32.1. The number of benzene rings is 1. The second-order valence-corrected chi connectivity index (χ2v) is 8.33. The molecule has 1 fully saturated rings. The molecule has 0 radical (unpaired) electrons. The van der Waals surface area contributed by atoms with Crippen LogP contribution in [0.5, 0.6) is 0 Å². The molecular weight excluding hydrogens is 350 g/mol. The Balaban J connectivity index is 1.56. The summed E-state index contributed by atoms with van der Waals surface area (Å²) in [5, 5.41) is 3.45. The first-order chi connectivity index (χ1) is 12.3. The topological polar surface area (TPSA) is 71.5 Å². The normalized spacial score (nSPS) is 17.2. The molecule has 1 N–H and O–H groups in total. The van der Waals surface area contributed by atoms with Crippen molar-refractivity contribution in [3.8, 4) is 10.4 Å². The molecule has 0 aliphatic carbocycles. The summed E-state index contributed by atoms with van der Waals surface area (Å²) < 4.78 is 5.37. The molecule has 6 nitrogen and oxygen atoms in total. The number of nitrogens with one attached hydrogen (secondary N) is 1. The first-order valence-corrected chi connectivity index (χ1v) is 9.43. The predicted molar refractivity (Wildman–Crippen MR) is 102 cm³/mol. The smallest absolute Gasteiger partial charge is 0.410 e. The third kappa shape index (κ3) is 4.60. The Morgan fingerprint density at radius 2 is 2.00 bits per heavy atom. The molecule has 0 spiro atoms. The Kier molecular flexibility index (Phi) is 5.27. The van der Waals surface area contributed by atoms with E-state index in [2.05, 4.69) is 10.3 Å². The number of hydrogen-bond acceptors (Lipinski definition) is 5. The fraction of sp³-hybridized carbons (Fsp3) is 0.421. The fourth-order valence-corrected chi connectivity index (χ4v) is 3.57. The zero-order chi connectivity index (χ0) is 18.7. The molecule has 1 aromatic carbocycles. The Bertz CT molecular complexity index is 783. The maximum Gasteiger partial charge on any atom is 0.410 e. The minimum absolute atomic E-state index is 0.106. The van der Waals surface area contributed by atoms with E-state index >= 15 is 0 Å². The van der Waals surface area contributed by atoms with E-state index in [9.17, 15) is 9.59 Å². The predicted octanol–water partition coefficient (Wildman–Crippen LogP) is 4.01. The average Bonchev–Trinajstić information content (AvgIpc) is 3.23. The van der Waals surface area contributed by atoms with Gasteiger partial charge < -0.3 is 15.0 Å². The first-order valence-electron chi connectivity index (χ1n) is 8.62.